The van der Waals surface area contributed by atoms with Crippen LogP contribution in [0.3, 0.4) is 0 Å². The van der Waals surface area contributed by atoms with Crippen molar-refractivity contribution in [2.24, 2.45) is 0 Å². The average Bonchev–Trinajstić information content (AvgIpc) is 3.35. The molecule has 0 saturated carbocycles. The number of carbonyl (C=O) groups excluding carboxylic acids is 1. The number of hydrogen-bond donors (Lipinski definition) is 2. The van der Waals surface area contributed by atoms with E-state index in [0.717, 1.165) is 0 Å². The Hall–Kier alpha value is -2.88. The summed E-state index contributed by atoms with van der Waals surface area (Å²) in [6.07, 6.45) is 0.175. The minimum absolute atomic E-state index is 0.0910. The summed E-state index contributed by atoms with van der Waals surface area (Å²) in [6, 6.07) is 7.61. The number of rotatable bonds is 6. The molecule has 1 aliphatic heterocycles. The fourth-order valence-corrected chi connectivity index (χ4v) is 3.70. The molecule has 1 amide bonds. The van der Waals surface area contributed by atoms with Gasteiger partial charge < -0.3 is 19.7 Å². The Bertz CT molecular complexity index is 1110. The molecular weight excluding hydrogens is 445 g/mol. The van der Waals surface area contributed by atoms with Crippen molar-refractivity contribution in [3.63, 3.8) is 0 Å². The van der Waals surface area contributed by atoms with Gasteiger partial charge in [0.1, 0.15) is 24.2 Å². The third-order valence-corrected chi connectivity index (χ3v) is 5.41. The van der Waals surface area contributed by atoms with Crippen molar-refractivity contribution in [1.82, 2.24) is 15.1 Å². The lowest BCUT2D eigenvalue weighted by molar-refractivity contribution is 0.142. The summed E-state index contributed by atoms with van der Waals surface area (Å²) in [7, 11) is 0. The third-order valence-electron chi connectivity index (χ3n) is 4.86. The second-order valence-electron chi connectivity index (χ2n) is 7.10. The number of aromatic nitrogens is 3. The van der Waals surface area contributed by atoms with Gasteiger partial charge in [0.15, 0.2) is 5.76 Å². The smallest absolute Gasteiger partial charge is 0.416 e. The van der Waals surface area contributed by atoms with E-state index in [0.29, 0.717) is 32.9 Å². The molecule has 1 fully saturated rings. The zero-order valence-corrected chi connectivity index (χ0v) is 18.1. The second kappa shape index (κ2) is 8.70. The number of amides is 1. The zero-order valence-electron chi connectivity index (χ0n) is 16.6. The molecule has 0 bridgehead atoms. The van der Waals surface area contributed by atoms with Crippen LogP contribution in [-0.2, 0) is 4.74 Å². The van der Waals surface area contributed by atoms with Crippen LogP contribution < -0.4 is 10.2 Å². The summed E-state index contributed by atoms with van der Waals surface area (Å²) in [5, 5.41) is 18.1. The van der Waals surface area contributed by atoms with E-state index in [1.807, 2.05) is 6.92 Å². The summed E-state index contributed by atoms with van der Waals surface area (Å²) in [5.41, 5.74) is 1.27. The van der Waals surface area contributed by atoms with E-state index in [4.69, 9.17) is 32.5 Å². The zero-order chi connectivity index (χ0) is 22.1. The lowest BCUT2D eigenvalue weighted by atomic mass is 10.1. The summed E-state index contributed by atoms with van der Waals surface area (Å²) in [6.45, 7) is 3.54. The van der Waals surface area contributed by atoms with Gasteiger partial charge in [-0.1, -0.05) is 28.4 Å². The fourth-order valence-electron chi connectivity index (χ4n) is 3.19. The maximum Gasteiger partial charge on any atom is 0.416 e. The van der Waals surface area contributed by atoms with Crippen LogP contribution in [0.2, 0.25) is 10.0 Å². The molecule has 3 atom stereocenters. The topological polar surface area (TPSA) is 114 Å². The largest absolute Gasteiger partial charge is 0.447 e. The molecule has 2 N–H and O–H groups in total. The summed E-state index contributed by atoms with van der Waals surface area (Å²) >= 11 is 12.2. The highest BCUT2D eigenvalue weighted by molar-refractivity contribution is 6.36. The molecule has 0 spiro atoms. The highest BCUT2D eigenvalue weighted by Crippen LogP contribution is 2.31. The van der Waals surface area contributed by atoms with Gasteiger partial charge in [0.2, 0.25) is 5.95 Å². The van der Waals surface area contributed by atoms with Gasteiger partial charge in [-0.05, 0) is 38.1 Å². The predicted octanol–water partition coefficient (Wildman–Crippen LogP) is 4.32. The van der Waals surface area contributed by atoms with Gasteiger partial charge in [0.05, 0.1) is 17.2 Å². The van der Waals surface area contributed by atoms with Crippen LogP contribution in [0.4, 0.5) is 16.6 Å². The Kier molecular flexibility index (Phi) is 5.99. The highest BCUT2D eigenvalue weighted by Gasteiger charge is 2.38. The quantitative estimate of drug-likeness (QED) is 0.555. The van der Waals surface area contributed by atoms with Gasteiger partial charge in [0.25, 0.3) is 0 Å². The van der Waals surface area contributed by atoms with E-state index in [1.54, 1.807) is 37.3 Å². The van der Waals surface area contributed by atoms with Crippen LogP contribution in [0.5, 0.6) is 0 Å². The molecular formula is C20H19Cl2N5O4. The van der Waals surface area contributed by atoms with E-state index in [2.05, 4.69) is 20.4 Å². The number of nitrogens with zero attached hydrogens (tertiary/aromatic N) is 4. The van der Waals surface area contributed by atoms with E-state index in [1.165, 1.54) is 11.1 Å². The molecule has 0 aliphatic carbocycles. The van der Waals surface area contributed by atoms with Crippen LogP contribution in [0.1, 0.15) is 25.6 Å². The van der Waals surface area contributed by atoms with Crippen molar-refractivity contribution in [1.29, 1.82) is 0 Å². The van der Waals surface area contributed by atoms with Crippen LogP contribution >= 0.6 is 23.2 Å². The van der Waals surface area contributed by atoms with Gasteiger partial charge >= 0.3 is 6.09 Å². The third kappa shape index (κ3) is 4.43. The van der Waals surface area contributed by atoms with Gasteiger partial charge in [0, 0.05) is 22.8 Å². The number of nitrogens with one attached hydrogen (secondary N) is 1. The Balaban J connectivity index is 1.52. The normalized spacial score (nSPS) is 18.0. The van der Waals surface area contributed by atoms with Gasteiger partial charge in [-0.25, -0.2) is 9.78 Å². The number of halogens is 2. The highest BCUT2D eigenvalue weighted by atomic mass is 35.5. The molecule has 1 saturated heterocycles. The van der Waals surface area contributed by atoms with Crippen molar-refractivity contribution in [3.05, 3.63) is 52.3 Å². The number of benzene rings is 1. The number of ether oxygens (including phenoxy) is 1. The number of carbonyl (C=O) groups is 1. The molecule has 3 heterocycles. The maximum absolute atomic E-state index is 12.1. The number of hydrogen-bond acceptors (Lipinski definition) is 8. The summed E-state index contributed by atoms with van der Waals surface area (Å²) in [4.78, 5) is 22.0. The Morgan fingerprint density at radius 3 is 2.81 bits per heavy atom. The van der Waals surface area contributed by atoms with Crippen molar-refractivity contribution >= 4 is 41.1 Å². The molecule has 0 unspecified atom stereocenters. The number of aliphatic hydroxyl groups is 1. The molecule has 2 aromatic heterocycles. The first-order valence-corrected chi connectivity index (χ1v) is 10.2. The minimum atomic E-state index is -0.774. The standard InChI is InChI=1S/C20H19Cl2N5O4/c1-10(17-8-15(26-31-17)13-4-3-12(21)7-14(13)22)24-19-23-6-5-18(25-19)27-16(11(2)28)9-30-20(27)29/h3-8,10-11,16,28H,9H2,1-2H3,(H,23,24,25)/t10-,11-,16-/m1/s1. The Labute approximate surface area is 187 Å². The molecule has 0 radical (unpaired) electrons. The molecule has 4 rings (SSSR count). The first-order valence-electron chi connectivity index (χ1n) is 9.49. The summed E-state index contributed by atoms with van der Waals surface area (Å²) < 4.78 is 10.5. The van der Waals surface area contributed by atoms with Crippen LogP contribution in [-0.4, -0.2) is 45.1 Å². The van der Waals surface area contributed by atoms with Gasteiger partial charge in [-0.2, -0.15) is 4.98 Å². The molecule has 1 aliphatic rings. The van der Waals surface area contributed by atoms with Crippen LogP contribution in [0.25, 0.3) is 11.3 Å². The molecule has 3 aromatic rings. The summed E-state index contributed by atoms with van der Waals surface area (Å²) in [5.74, 6) is 1.14. The van der Waals surface area contributed by atoms with E-state index >= 15 is 0 Å². The number of cyclic esters (lactones) is 1. The van der Waals surface area contributed by atoms with Crippen molar-refractivity contribution in [2.45, 2.75) is 32.0 Å². The first kappa shape index (κ1) is 21.4. The predicted molar refractivity (Wildman–Crippen MR) is 115 cm³/mol. The minimum Gasteiger partial charge on any atom is -0.447 e. The lowest BCUT2D eigenvalue weighted by Crippen LogP contribution is -2.41. The van der Waals surface area contributed by atoms with Crippen molar-refractivity contribution < 1.29 is 19.2 Å². The van der Waals surface area contributed by atoms with Crippen molar-refractivity contribution in [2.75, 3.05) is 16.8 Å². The molecule has 1 aromatic carbocycles. The Morgan fingerprint density at radius 2 is 2.06 bits per heavy atom. The fraction of sp³-hybridized carbons (Fsp3) is 0.300. The van der Waals surface area contributed by atoms with Crippen LogP contribution in [0, 0.1) is 0 Å². The van der Waals surface area contributed by atoms with Gasteiger partial charge in [-0.3, -0.25) is 4.90 Å². The monoisotopic (exact) mass is 463 g/mol. The van der Waals surface area contributed by atoms with E-state index in [9.17, 15) is 9.90 Å². The Morgan fingerprint density at radius 1 is 1.26 bits per heavy atom. The second-order valence-corrected chi connectivity index (χ2v) is 7.94. The lowest BCUT2D eigenvalue weighted by Gasteiger charge is -2.22. The van der Waals surface area contributed by atoms with Gasteiger partial charge in [-0.15, -0.1) is 0 Å². The first-order chi connectivity index (χ1) is 14.8. The SMILES string of the molecule is C[C@@H](Nc1nccc(N2C(=O)OC[C@@H]2[C@@H](C)O)n1)c1cc(-c2ccc(Cl)cc2Cl)no1. The molecule has 9 nitrogen and oxygen atoms in total. The maximum atomic E-state index is 12.1. The van der Waals surface area contributed by atoms with Crippen molar-refractivity contribution in [3.8, 4) is 11.3 Å². The number of anilines is 2. The molecule has 162 valence electrons. The molecule has 31 heavy (non-hydrogen) atoms. The average molecular weight is 464 g/mol. The van der Waals surface area contributed by atoms with Crippen LogP contribution in [0.15, 0.2) is 41.1 Å². The van der Waals surface area contributed by atoms with E-state index in [-0.39, 0.29) is 18.6 Å². The molecule has 11 heteroatoms. The van der Waals surface area contributed by atoms with E-state index < -0.39 is 18.2 Å². The number of aliphatic hydroxyl groups excluding tert-OH is 1.